The van der Waals surface area contributed by atoms with Crippen LogP contribution in [-0.2, 0) is 19.6 Å². The molecule has 0 spiro atoms. The molecule has 0 saturated carbocycles. The van der Waals surface area contributed by atoms with Gasteiger partial charge in [-0.05, 0) is 53.2 Å². The van der Waals surface area contributed by atoms with Gasteiger partial charge in [-0.15, -0.1) is 5.10 Å². The first-order valence-electron chi connectivity index (χ1n) is 12.7. The molecule has 1 aliphatic heterocycles. The Morgan fingerprint density at radius 1 is 1.03 bits per heavy atom. The molecule has 196 valence electrons. The minimum Gasteiger partial charge on any atom is -0.486 e. The molecule has 0 amide bonds. The highest BCUT2D eigenvalue weighted by Gasteiger charge is 2.28. The molecule has 5 heterocycles. The summed E-state index contributed by atoms with van der Waals surface area (Å²) >= 11 is 0. The van der Waals surface area contributed by atoms with Crippen molar-refractivity contribution in [3.8, 4) is 11.5 Å². The summed E-state index contributed by atoms with van der Waals surface area (Å²) in [5, 5.41) is 13.5. The number of ether oxygens (including phenoxy) is 2. The van der Waals surface area contributed by atoms with Gasteiger partial charge in [-0.25, -0.2) is 4.68 Å². The van der Waals surface area contributed by atoms with Gasteiger partial charge in [-0.2, -0.15) is 0 Å². The van der Waals surface area contributed by atoms with Crippen LogP contribution in [0.5, 0.6) is 11.5 Å². The Bertz CT molecular complexity index is 1560. The Labute approximate surface area is 218 Å². The monoisotopic (exact) mass is 516 g/mol. The Balaban J connectivity index is 1.37. The normalized spacial score (nSPS) is 13.8. The maximum absolute atomic E-state index is 13.2. The molecule has 0 unspecified atom stereocenters. The van der Waals surface area contributed by atoms with Crippen molar-refractivity contribution in [2.24, 2.45) is 0 Å². The fraction of sp³-hybridized carbons (Fsp3) is 0.333. The number of furan rings is 2. The maximum Gasteiger partial charge on any atom is 0.252 e. The fourth-order valence-electron chi connectivity index (χ4n) is 4.86. The Morgan fingerprint density at radius 2 is 1.79 bits per heavy atom. The van der Waals surface area contributed by atoms with Crippen LogP contribution in [0, 0.1) is 0 Å². The molecule has 0 saturated heterocycles. The number of hydrogen-bond donors (Lipinski definition) is 1. The summed E-state index contributed by atoms with van der Waals surface area (Å²) in [6, 6.07) is 13.0. The Kier molecular flexibility index (Phi) is 6.65. The van der Waals surface area contributed by atoms with E-state index in [0.29, 0.717) is 61.3 Å². The smallest absolute Gasteiger partial charge is 0.252 e. The number of fused-ring (bicyclic) bond motifs is 2. The van der Waals surface area contributed by atoms with E-state index in [4.69, 9.17) is 18.3 Å². The SMILES string of the molecule is CCC[C@@H](c1nnnn1Cc1ccco1)N(Cc1ccco1)Cc1cc2cc3c(cc2[nH]c1=O)OCCO3. The highest BCUT2D eigenvalue weighted by molar-refractivity contribution is 5.83. The van der Waals surface area contributed by atoms with Crippen LogP contribution >= 0.6 is 0 Å². The van der Waals surface area contributed by atoms with Crippen molar-refractivity contribution < 1.29 is 18.3 Å². The predicted molar refractivity (Wildman–Crippen MR) is 137 cm³/mol. The lowest BCUT2D eigenvalue weighted by molar-refractivity contribution is 0.144. The second-order valence-corrected chi connectivity index (χ2v) is 9.27. The van der Waals surface area contributed by atoms with Crippen molar-refractivity contribution in [3.63, 3.8) is 0 Å². The molecule has 0 bridgehead atoms. The highest BCUT2D eigenvalue weighted by atomic mass is 16.6. The molecule has 1 aromatic carbocycles. The molecule has 0 aliphatic carbocycles. The molecule has 11 heteroatoms. The summed E-state index contributed by atoms with van der Waals surface area (Å²) in [5.41, 5.74) is 1.16. The van der Waals surface area contributed by atoms with Crippen LogP contribution in [0.3, 0.4) is 0 Å². The van der Waals surface area contributed by atoms with Crippen LogP contribution in [0.15, 0.2) is 68.6 Å². The average molecular weight is 517 g/mol. The van der Waals surface area contributed by atoms with Gasteiger partial charge in [-0.3, -0.25) is 9.69 Å². The van der Waals surface area contributed by atoms with Crippen LogP contribution in [0.1, 0.15) is 48.7 Å². The van der Waals surface area contributed by atoms with Crippen LogP contribution < -0.4 is 15.0 Å². The van der Waals surface area contributed by atoms with E-state index in [0.717, 1.165) is 29.7 Å². The third-order valence-electron chi connectivity index (χ3n) is 6.64. The minimum absolute atomic E-state index is 0.163. The molecule has 6 rings (SSSR count). The van der Waals surface area contributed by atoms with Gasteiger partial charge in [0, 0.05) is 23.6 Å². The lowest BCUT2D eigenvalue weighted by atomic mass is 10.1. The topological polar surface area (TPSA) is 124 Å². The van der Waals surface area contributed by atoms with Gasteiger partial charge < -0.3 is 23.3 Å². The second kappa shape index (κ2) is 10.5. The van der Waals surface area contributed by atoms with Gasteiger partial charge in [-0.1, -0.05) is 13.3 Å². The molecular weight excluding hydrogens is 488 g/mol. The van der Waals surface area contributed by atoms with Crippen molar-refractivity contribution in [1.82, 2.24) is 30.1 Å². The molecular formula is C27H28N6O5. The summed E-state index contributed by atoms with van der Waals surface area (Å²) in [6.45, 7) is 4.35. The number of pyridine rings is 1. The van der Waals surface area contributed by atoms with Gasteiger partial charge in [0.15, 0.2) is 17.3 Å². The van der Waals surface area contributed by atoms with Crippen LogP contribution in [0.4, 0.5) is 0 Å². The van der Waals surface area contributed by atoms with E-state index in [9.17, 15) is 4.79 Å². The zero-order valence-corrected chi connectivity index (χ0v) is 21.0. The van der Waals surface area contributed by atoms with E-state index in [1.54, 1.807) is 17.2 Å². The molecule has 1 N–H and O–H groups in total. The lowest BCUT2D eigenvalue weighted by Gasteiger charge is -2.30. The third-order valence-corrected chi connectivity index (χ3v) is 6.64. The lowest BCUT2D eigenvalue weighted by Crippen LogP contribution is -2.32. The predicted octanol–water partition coefficient (Wildman–Crippen LogP) is 4.06. The molecule has 11 nitrogen and oxygen atoms in total. The van der Waals surface area contributed by atoms with Crippen LogP contribution in [0.2, 0.25) is 0 Å². The van der Waals surface area contributed by atoms with Gasteiger partial charge in [0.25, 0.3) is 5.56 Å². The van der Waals surface area contributed by atoms with E-state index in [1.807, 2.05) is 42.5 Å². The molecule has 4 aromatic heterocycles. The van der Waals surface area contributed by atoms with Crippen molar-refractivity contribution in [2.75, 3.05) is 13.2 Å². The summed E-state index contributed by atoms with van der Waals surface area (Å²) in [4.78, 5) is 18.5. The van der Waals surface area contributed by atoms with Crippen molar-refractivity contribution in [2.45, 2.75) is 45.4 Å². The largest absolute Gasteiger partial charge is 0.486 e. The fourth-order valence-corrected chi connectivity index (χ4v) is 4.86. The van der Waals surface area contributed by atoms with E-state index in [-0.39, 0.29) is 11.6 Å². The van der Waals surface area contributed by atoms with Crippen LogP contribution in [0.25, 0.3) is 10.9 Å². The quantitative estimate of drug-likeness (QED) is 0.292. The number of nitrogens with one attached hydrogen (secondary N) is 1. The van der Waals surface area contributed by atoms with Crippen molar-refractivity contribution >= 4 is 10.9 Å². The first-order valence-corrected chi connectivity index (χ1v) is 12.7. The van der Waals surface area contributed by atoms with Crippen molar-refractivity contribution in [1.29, 1.82) is 0 Å². The number of H-pyrrole nitrogens is 1. The number of aromatic amines is 1. The number of tetrazole rings is 1. The molecule has 0 fully saturated rings. The Morgan fingerprint density at radius 3 is 2.53 bits per heavy atom. The molecule has 5 aromatic rings. The molecule has 1 aliphatic rings. The number of rotatable bonds is 10. The van der Waals surface area contributed by atoms with E-state index >= 15 is 0 Å². The summed E-state index contributed by atoms with van der Waals surface area (Å²) in [6.07, 6.45) is 4.96. The number of aromatic nitrogens is 5. The van der Waals surface area contributed by atoms with Crippen molar-refractivity contribution in [3.05, 3.63) is 88.3 Å². The third kappa shape index (κ3) is 4.92. The number of hydrogen-bond acceptors (Lipinski definition) is 9. The Hall–Kier alpha value is -4.38. The molecule has 38 heavy (non-hydrogen) atoms. The van der Waals surface area contributed by atoms with Gasteiger partial charge in [0.1, 0.15) is 31.3 Å². The average Bonchev–Trinajstić information content (AvgIpc) is 3.71. The van der Waals surface area contributed by atoms with E-state index < -0.39 is 0 Å². The highest BCUT2D eigenvalue weighted by Crippen LogP contribution is 2.34. The first-order chi connectivity index (χ1) is 18.7. The maximum atomic E-state index is 13.2. The number of benzene rings is 1. The first kappa shape index (κ1) is 24.0. The van der Waals surface area contributed by atoms with Crippen LogP contribution in [-0.4, -0.2) is 43.3 Å². The summed E-state index contributed by atoms with van der Waals surface area (Å²) in [7, 11) is 0. The van der Waals surface area contributed by atoms with E-state index in [1.165, 1.54) is 0 Å². The summed E-state index contributed by atoms with van der Waals surface area (Å²) < 4.78 is 24.4. The standard InChI is InChI=1S/C27H28N6O5/c1-2-5-23(26-29-30-31-33(26)17-21-7-4-9-36-21)32(16-20-6-3-8-35-20)15-19-12-18-13-24-25(38-11-10-37-24)14-22(18)28-27(19)34/h3-4,6-9,12-14,23H,2,5,10-11,15-17H2,1H3,(H,28,34)/t23-/m0/s1. The minimum atomic E-state index is -0.176. The zero-order chi connectivity index (χ0) is 25.9. The second-order valence-electron chi connectivity index (χ2n) is 9.27. The number of nitrogens with zero attached hydrogens (tertiary/aromatic N) is 5. The zero-order valence-electron chi connectivity index (χ0n) is 21.0. The van der Waals surface area contributed by atoms with Gasteiger partial charge in [0.2, 0.25) is 0 Å². The van der Waals surface area contributed by atoms with Gasteiger partial charge in [0.05, 0.1) is 30.6 Å². The molecule has 0 radical (unpaired) electrons. The molecule has 1 atom stereocenters. The van der Waals surface area contributed by atoms with Gasteiger partial charge >= 0.3 is 0 Å². The summed E-state index contributed by atoms with van der Waals surface area (Å²) in [5.74, 6) is 3.56. The van der Waals surface area contributed by atoms with E-state index in [2.05, 4.69) is 32.3 Å².